The predicted molar refractivity (Wildman–Crippen MR) is 98.7 cm³/mol. The van der Waals surface area contributed by atoms with Crippen molar-refractivity contribution >= 4 is 57.5 Å². The number of nitrogens with one attached hydrogen (secondary N) is 1. The average molecular weight is 460 g/mol. The molecular weight excluding hydrogens is 449 g/mol. The maximum Gasteiger partial charge on any atom is 0.322 e. The van der Waals surface area contributed by atoms with Gasteiger partial charge in [0.1, 0.15) is 0 Å². The van der Waals surface area contributed by atoms with Gasteiger partial charge in [-0.05, 0) is 58.8 Å². The van der Waals surface area contributed by atoms with Gasteiger partial charge in [-0.25, -0.2) is 0 Å². The molecule has 0 saturated heterocycles. The molecule has 0 bridgehead atoms. The van der Waals surface area contributed by atoms with Crippen LogP contribution in [0.1, 0.15) is 12.0 Å². The van der Waals surface area contributed by atoms with Gasteiger partial charge in [0.15, 0.2) is 0 Å². The van der Waals surface area contributed by atoms with Gasteiger partial charge in [-0.2, -0.15) is 0 Å². The number of carbonyl (C=O) groups is 1. The van der Waals surface area contributed by atoms with Crippen LogP contribution in [0.4, 0.5) is 6.01 Å². The number of anilines is 1. The molecule has 0 radical (unpaired) electrons. The number of aromatic nitrogens is 2. The molecule has 118 valence electrons. The van der Waals surface area contributed by atoms with Gasteiger partial charge >= 0.3 is 6.01 Å². The molecule has 0 fully saturated rings. The predicted octanol–water partition coefficient (Wildman–Crippen LogP) is 4.63. The number of hydrogen-bond acceptors (Lipinski definition) is 5. The molecule has 0 spiro atoms. The van der Waals surface area contributed by atoms with Crippen molar-refractivity contribution in [2.75, 3.05) is 5.32 Å². The number of carbonyl (C=O) groups excluding carboxylic acids is 1. The minimum absolute atomic E-state index is 0.111. The first kappa shape index (κ1) is 16.4. The number of nitrogens with zero attached hydrogens (tertiary/aromatic N) is 2. The summed E-state index contributed by atoms with van der Waals surface area (Å²) in [4.78, 5) is 12.8. The SMILES string of the molecule is O=C(CCc1cccc(Cl)c1)Nc1nnc(-c2ccc(I)s2)o1. The molecule has 0 aliphatic carbocycles. The first-order valence-electron chi connectivity index (χ1n) is 6.73. The van der Waals surface area contributed by atoms with Crippen LogP contribution in [0.2, 0.25) is 5.02 Å². The lowest BCUT2D eigenvalue weighted by atomic mass is 10.1. The summed E-state index contributed by atoms with van der Waals surface area (Å²) in [5.41, 5.74) is 1.01. The van der Waals surface area contributed by atoms with Gasteiger partial charge in [-0.3, -0.25) is 10.1 Å². The van der Waals surface area contributed by atoms with E-state index in [9.17, 15) is 4.79 Å². The number of aryl methyl sites for hydroxylation is 1. The van der Waals surface area contributed by atoms with Crippen molar-refractivity contribution in [3.63, 3.8) is 0 Å². The highest BCUT2D eigenvalue weighted by atomic mass is 127. The maximum atomic E-state index is 12.0. The number of halogens is 2. The third kappa shape index (κ3) is 4.52. The van der Waals surface area contributed by atoms with E-state index in [2.05, 4.69) is 38.1 Å². The lowest BCUT2D eigenvalue weighted by molar-refractivity contribution is -0.116. The zero-order chi connectivity index (χ0) is 16.2. The second-order valence-electron chi connectivity index (χ2n) is 4.69. The highest BCUT2D eigenvalue weighted by molar-refractivity contribution is 14.1. The number of hydrogen-bond donors (Lipinski definition) is 1. The van der Waals surface area contributed by atoms with E-state index < -0.39 is 0 Å². The molecule has 8 heteroatoms. The van der Waals surface area contributed by atoms with Gasteiger partial charge < -0.3 is 4.42 Å². The minimum atomic E-state index is -0.180. The summed E-state index contributed by atoms with van der Waals surface area (Å²) in [5, 5.41) is 11.1. The molecule has 0 saturated carbocycles. The Kier molecular flexibility index (Phi) is 5.29. The smallest absolute Gasteiger partial charge is 0.322 e. The average Bonchev–Trinajstić information content (AvgIpc) is 3.14. The summed E-state index contributed by atoms with van der Waals surface area (Å²) < 4.78 is 6.58. The molecule has 3 rings (SSSR count). The molecule has 0 unspecified atom stereocenters. The second-order valence-corrected chi connectivity index (χ2v) is 8.11. The Hall–Kier alpha value is -1.45. The van der Waals surface area contributed by atoms with Crippen molar-refractivity contribution in [1.82, 2.24) is 10.2 Å². The summed E-state index contributed by atoms with van der Waals surface area (Å²) >= 11 is 9.69. The summed E-state index contributed by atoms with van der Waals surface area (Å²) in [6, 6.07) is 11.4. The number of rotatable bonds is 5. The van der Waals surface area contributed by atoms with E-state index in [0.717, 1.165) is 13.3 Å². The van der Waals surface area contributed by atoms with Gasteiger partial charge in [0.05, 0.1) is 7.76 Å². The second kappa shape index (κ2) is 7.41. The van der Waals surface area contributed by atoms with Crippen molar-refractivity contribution in [2.24, 2.45) is 0 Å². The number of thiophene rings is 1. The zero-order valence-electron chi connectivity index (χ0n) is 11.8. The molecule has 1 amide bonds. The molecule has 1 N–H and O–H groups in total. The van der Waals surface area contributed by atoms with Crippen molar-refractivity contribution in [1.29, 1.82) is 0 Å². The van der Waals surface area contributed by atoms with Crippen LogP contribution in [0.5, 0.6) is 0 Å². The molecule has 2 heterocycles. The fourth-order valence-electron chi connectivity index (χ4n) is 1.93. The molecule has 0 aliphatic rings. The molecule has 5 nitrogen and oxygen atoms in total. The Morgan fingerprint density at radius 1 is 1.30 bits per heavy atom. The monoisotopic (exact) mass is 459 g/mol. The molecule has 0 aliphatic heterocycles. The number of amides is 1. The van der Waals surface area contributed by atoms with Crippen LogP contribution in [0, 0.1) is 2.88 Å². The van der Waals surface area contributed by atoms with Crippen molar-refractivity contribution < 1.29 is 9.21 Å². The lowest BCUT2D eigenvalue weighted by Gasteiger charge is -2.02. The van der Waals surface area contributed by atoms with Crippen LogP contribution < -0.4 is 5.32 Å². The normalized spacial score (nSPS) is 10.7. The maximum absolute atomic E-state index is 12.0. The molecule has 23 heavy (non-hydrogen) atoms. The van der Waals surface area contributed by atoms with Gasteiger partial charge in [-0.15, -0.1) is 16.4 Å². The van der Waals surface area contributed by atoms with Crippen LogP contribution in [0.25, 0.3) is 10.8 Å². The molecule has 0 atom stereocenters. The fraction of sp³-hybridized carbons (Fsp3) is 0.133. The first-order valence-corrected chi connectivity index (χ1v) is 9.01. The first-order chi connectivity index (χ1) is 11.1. The topological polar surface area (TPSA) is 68.0 Å². The Labute approximate surface area is 155 Å². The third-order valence-corrected chi connectivity index (χ3v) is 5.10. The molecule has 3 aromatic rings. The van der Waals surface area contributed by atoms with E-state index in [1.165, 1.54) is 0 Å². The van der Waals surface area contributed by atoms with Crippen LogP contribution >= 0.6 is 45.5 Å². The van der Waals surface area contributed by atoms with Gasteiger partial charge in [0.25, 0.3) is 5.89 Å². The van der Waals surface area contributed by atoms with E-state index in [4.69, 9.17) is 16.0 Å². The number of benzene rings is 1. The summed E-state index contributed by atoms with van der Waals surface area (Å²) in [7, 11) is 0. The van der Waals surface area contributed by atoms with E-state index in [1.807, 2.05) is 30.3 Å². The molecule has 2 aromatic heterocycles. The highest BCUT2D eigenvalue weighted by Crippen LogP contribution is 2.28. The van der Waals surface area contributed by atoms with E-state index in [0.29, 0.717) is 23.8 Å². The molecular formula is C15H11ClIN3O2S. The summed E-state index contributed by atoms with van der Waals surface area (Å²) in [6.07, 6.45) is 0.908. The van der Waals surface area contributed by atoms with E-state index >= 15 is 0 Å². The van der Waals surface area contributed by atoms with Crippen LogP contribution in [0.15, 0.2) is 40.8 Å². The van der Waals surface area contributed by atoms with Crippen molar-refractivity contribution in [2.45, 2.75) is 12.8 Å². The largest absolute Gasteiger partial charge is 0.402 e. The molecule has 1 aromatic carbocycles. The highest BCUT2D eigenvalue weighted by Gasteiger charge is 2.13. The summed E-state index contributed by atoms with van der Waals surface area (Å²) in [6.45, 7) is 0. The van der Waals surface area contributed by atoms with E-state index in [1.54, 1.807) is 17.4 Å². The Morgan fingerprint density at radius 3 is 2.91 bits per heavy atom. The Morgan fingerprint density at radius 2 is 2.17 bits per heavy atom. The standard InChI is InChI=1S/C15H11ClIN3O2S/c16-10-3-1-2-9(8-10)4-7-13(21)18-15-20-19-14(22-15)11-5-6-12(17)23-11/h1-3,5-6,8H,4,7H2,(H,18,20,21). The van der Waals surface area contributed by atoms with E-state index in [-0.39, 0.29) is 11.9 Å². The van der Waals surface area contributed by atoms with Crippen LogP contribution in [-0.2, 0) is 11.2 Å². The van der Waals surface area contributed by atoms with Crippen LogP contribution in [0.3, 0.4) is 0 Å². The summed E-state index contributed by atoms with van der Waals surface area (Å²) in [5.74, 6) is 0.226. The van der Waals surface area contributed by atoms with Gasteiger partial charge in [0.2, 0.25) is 5.91 Å². The van der Waals surface area contributed by atoms with Gasteiger partial charge in [-0.1, -0.05) is 28.8 Å². The van der Waals surface area contributed by atoms with Crippen LogP contribution in [-0.4, -0.2) is 16.1 Å². The Bertz CT molecular complexity index is 834. The van der Waals surface area contributed by atoms with Crippen molar-refractivity contribution in [3.05, 3.63) is 49.9 Å². The quantitative estimate of drug-likeness (QED) is 0.565. The fourth-order valence-corrected chi connectivity index (χ4v) is 3.69. The zero-order valence-corrected chi connectivity index (χ0v) is 15.5. The Balaban J connectivity index is 1.57. The van der Waals surface area contributed by atoms with Gasteiger partial charge in [0, 0.05) is 11.4 Å². The minimum Gasteiger partial charge on any atom is -0.402 e. The van der Waals surface area contributed by atoms with Crippen molar-refractivity contribution in [3.8, 4) is 10.8 Å². The third-order valence-electron chi connectivity index (χ3n) is 2.99. The lowest BCUT2D eigenvalue weighted by Crippen LogP contribution is -2.12.